The molecule has 7 nitrogen and oxygen atoms in total. The van der Waals surface area contributed by atoms with E-state index in [2.05, 4.69) is 20.5 Å². The summed E-state index contributed by atoms with van der Waals surface area (Å²) in [5.74, 6) is -1.49. The number of halogens is 2. The van der Waals surface area contributed by atoms with Crippen molar-refractivity contribution in [3.63, 3.8) is 0 Å². The maximum absolute atomic E-state index is 13.9. The SMILES string of the molecule is O=C(Nc1cn[nH]c1C1=Nc2cc3c(cc2C1)OCCO3)c1c(F)cccc1F. The lowest BCUT2D eigenvalue weighted by Gasteiger charge is -2.18. The molecule has 0 unspecified atom stereocenters. The van der Waals surface area contributed by atoms with Gasteiger partial charge < -0.3 is 14.8 Å². The first-order valence-corrected chi connectivity index (χ1v) is 8.89. The van der Waals surface area contributed by atoms with E-state index in [1.165, 1.54) is 12.3 Å². The summed E-state index contributed by atoms with van der Waals surface area (Å²) in [6.45, 7) is 0.967. The lowest BCUT2D eigenvalue weighted by Crippen LogP contribution is -2.17. The summed E-state index contributed by atoms with van der Waals surface area (Å²) in [5, 5.41) is 9.24. The number of carbonyl (C=O) groups excluding carboxylic acids is 1. The minimum atomic E-state index is -0.941. The van der Waals surface area contributed by atoms with Gasteiger partial charge >= 0.3 is 0 Å². The Kier molecular flexibility index (Phi) is 4.01. The summed E-state index contributed by atoms with van der Waals surface area (Å²) in [5.41, 5.74) is 2.39. The van der Waals surface area contributed by atoms with Gasteiger partial charge in [0.15, 0.2) is 11.5 Å². The first kappa shape index (κ1) is 17.4. The van der Waals surface area contributed by atoms with Gasteiger partial charge in [-0.2, -0.15) is 5.10 Å². The van der Waals surface area contributed by atoms with Crippen molar-refractivity contribution in [1.29, 1.82) is 0 Å². The Morgan fingerprint density at radius 2 is 1.83 bits per heavy atom. The molecule has 0 bridgehead atoms. The average Bonchev–Trinajstić information content (AvgIpc) is 3.32. The molecule has 0 saturated carbocycles. The van der Waals surface area contributed by atoms with Crippen molar-refractivity contribution in [2.75, 3.05) is 18.5 Å². The summed E-state index contributed by atoms with van der Waals surface area (Å²) in [4.78, 5) is 17.0. The number of rotatable bonds is 3. The van der Waals surface area contributed by atoms with Crippen LogP contribution in [0.4, 0.5) is 20.2 Å². The molecule has 1 aromatic heterocycles. The molecule has 2 aliphatic heterocycles. The molecule has 2 aromatic carbocycles. The molecule has 0 spiro atoms. The molecular formula is C20H14F2N4O3. The standard InChI is InChI=1S/C20H14F2N4O3/c21-11-2-1-3-12(22)18(11)20(27)25-15-9-23-26-19(15)14-6-10-7-16-17(8-13(10)24-14)29-5-4-28-16/h1-3,7-9H,4-6H2,(H,23,26)(H,25,27). The maximum atomic E-state index is 13.9. The molecule has 3 aromatic rings. The second-order valence-corrected chi connectivity index (χ2v) is 6.57. The van der Waals surface area contributed by atoms with Crippen molar-refractivity contribution in [2.45, 2.75) is 6.42 Å². The van der Waals surface area contributed by atoms with Crippen LogP contribution in [0.3, 0.4) is 0 Å². The second-order valence-electron chi connectivity index (χ2n) is 6.57. The Labute approximate surface area is 163 Å². The molecule has 0 radical (unpaired) electrons. The molecule has 2 aliphatic rings. The molecule has 1 amide bonds. The number of fused-ring (bicyclic) bond motifs is 2. The van der Waals surface area contributed by atoms with Gasteiger partial charge in [-0.25, -0.2) is 8.78 Å². The van der Waals surface area contributed by atoms with Gasteiger partial charge in [0.1, 0.15) is 36.1 Å². The van der Waals surface area contributed by atoms with Gasteiger partial charge in [-0.3, -0.25) is 14.9 Å². The number of aromatic amines is 1. The van der Waals surface area contributed by atoms with Gasteiger partial charge in [-0.05, 0) is 23.8 Å². The summed E-state index contributed by atoms with van der Waals surface area (Å²) in [7, 11) is 0. The van der Waals surface area contributed by atoms with Crippen LogP contribution in [0.2, 0.25) is 0 Å². The highest BCUT2D eigenvalue weighted by atomic mass is 19.1. The molecule has 29 heavy (non-hydrogen) atoms. The zero-order valence-corrected chi connectivity index (χ0v) is 15.0. The molecule has 0 saturated heterocycles. The fraction of sp³-hybridized carbons (Fsp3) is 0.150. The summed E-state index contributed by atoms with van der Waals surface area (Å²) >= 11 is 0. The lowest BCUT2D eigenvalue weighted by molar-refractivity contribution is 0.101. The number of nitrogens with zero attached hydrogens (tertiary/aromatic N) is 2. The normalized spacial score (nSPS) is 14.3. The quantitative estimate of drug-likeness (QED) is 0.710. The average molecular weight is 396 g/mol. The highest BCUT2D eigenvalue weighted by molar-refractivity contribution is 6.12. The number of hydrogen-bond acceptors (Lipinski definition) is 5. The highest BCUT2D eigenvalue weighted by Crippen LogP contribution is 2.40. The van der Waals surface area contributed by atoms with E-state index < -0.39 is 23.1 Å². The molecular weight excluding hydrogens is 382 g/mol. The highest BCUT2D eigenvalue weighted by Gasteiger charge is 2.25. The van der Waals surface area contributed by atoms with E-state index in [1.54, 1.807) is 6.07 Å². The topological polar surface area (TPSA) is 88.6 Å². The van der Waals surface area contributed by atoms with Gasteiger partial charge in [0.05, 0.1) is 23.3 Å². The first-order valence-electron chi connectivity index (χ1n) is 8.89. The molecule has 0 fully saturated rings. The number of aromatic nitrogens is 2. The van der Waals surface area contributed by atoms with Crippen LogP contribution in [-0.4, -0.2) is 35.0 Å². The van der Waals surface area contributed by atoms with Crippen molar-refractivity contribution in [1.82, 2.24) is 10.2 Å². The van der Waals surface area contributed by atoms with E-state index in [0.29, 0.717) is 42.5 Å². The number of benzene rings is 2. The Balaban J connectivity index is 1.43. The van der Waals surface area contributed by atoms with Gasteiger partial charge in [0, 0.05) is 12.5 Å². The minimum Gasteiger partial charge on any atom is -0.486 e. The van der Waals surface area contributed by atoms with Crippen molar-refractivity contribution < 1.29 is 23.0 Å². The number of anilines is 1. The zero-order chi connectivity index (χ0) is 20.0. The largest absolute Gasteiger partial charge is 0.486 e. The predicted molar refractivity (Wildman–Crippen MR) is 100 cm³/mol. The number of ether oxygens (including phenoxy) is 2. The Hall–Kier alpha value is -3.75. The van der Waals surface area contributed by atoms with E-state index in [-0.39, 0.29) is 5.69 Å². The maximum Gasteiger partial charge on any atom is 0.261 e. The fourth-order valence-corrected chi connectivity index (χ4v) is 3.38. The van der Waals surface area contributed by atoms with Crippen molar-refractivity contribution in [3.05, 3.63) is 65.0 Å². The molecule has 2 N–H and O–H groups in total. The van der Waals surface area contributed by atoms with Gasteiger partial charge in [-0.1, -0.05) is 6.07 Å². The molecule has 0 aliphatic carbocycles. The zero-order valence-electron chi connectivity index (χ0n) is 15.0. The number of aliphatic imine (C=N–C) groups is 1. The third-order valence-corrected chi connectivity index (χ3v) is 4.72. The van der Waals surface area contributed by atoms with Crippen LogP contribution in [0.25, 0.3) is 0 Å². The molecule has 0 atom stereocenters. The van der Waals surface area contributed by atoms with E-state index >= 15 is 0 Å². The number of H-pyrrole nitrogens is 1. The second kappa shape index (κ2) is 6.69. The van der Waals surface area contributed by atoms with Crippen LogP contribution < -0.4 is 14.8 Å². The van der Waals surface area contributed by atoms with E-state index in [0.717, 1.165) is 23.4 Å². The Morgan fingerprint density at radius 1 is 1.10 bits per heavy atom. The first-order chi connectivity index (χ1) is 14.1. The Bertz CT molecular complexity index is 1150. The third-order valence-electron chi connectivity index (χ3n) is 4.72. The molecule has 3 heterocycles. The summed E-state index contributed by atoms with van der Waals surface area (Å²) in [6, 6.07) is 6.93. The number of nitrogens with one attached hydrogen (secondary N) is 2. The third kappa shape index (κ3) is 3.00. The van der Waals surface area contributed by atoms with Crippen LogP contribution in [-0.2, 0) is 6.42 Å². The number of amides is 1. The summed E-state index contributed by atoms with van der Waals surface area (Å²) in [6.07, 6.45) is 1.85. The van der Waals surface area contributed by atoms with E-state index in [9.17, 15) is 13.6 Å². The lowest BCUT2D eigenvalue weighted by atomic mass is 10.1. The summed E-state index contributed by atoms with van der Waals surface area (Å²) < 4.78 is 39.0. The van der Waals surface area contributed by atoms with Crippen LogP contribution >= 0.6 is 0 Å². The van der Waals surface area contributed by atoms with Crippen LogP contribution in [0.5, 0.6) is 11.5 Å². The van der Waals surface area contributed by atoms with Crippen molar-refractivity contribution in [2.24, 2.45) is 4.99 Å². The number of carbonyl (C=O) groups is 1. The molecule has 146 valence electrons. The van der Waals surface area contributed by atoms with E-state index in [4.69, 9.17) is 9.47 Å². The smallest absolute Gasteiger partial charge is 0.261 e. The monoisotopic (exact) mass is 396 g/mol. The van der Waals surface area contributed by atoms with Crippen LogP contribution in [0.1, 0.15) is 21.6 Å². The number of hydrogen-bond donors (Lipinski definition) is 2. The van der Waals surface area contributed by atoms with Crippen molar-refractivity contribution in [3.8, 4) is 11.5 Å². The van der Waals surface area contributed by atoms with Gasteiger partial charge in [0.25, 0.3) is 5.91 Å². The van der Waals surface area contributed by atoms with E-state index in [1.807, 2.05) is 6.07 Å². The Morgan fingerprint density at radius 3 is 2.59 bits per heavy atom. The van der Waals surface area contributed by atoms with Gasteiger partial charge in [-0.15, -0.1) is 0 Å². The van der Waals surface area contributed by atoms with Gasteiger partial charge in [0.2, 0.25) is 0 Å². The predicted octanol–water partition coefficient (Wildman–Crippen LogP) is 3.39. The molecule has 9 heteroatoms. The van der Waals surface area contributed by atoms with Crippen LogP contribution in [0.15, 0.2) is 41.5 Å². The fourth-order valence-electron chi connectivity index (χ4n) is 3.38. The minimum absolute atomic E-state index is 0.279. The van der Waals surface area contributed by atoms with Crippen LogP contribution in [0, 0.1) is 11.6 Å². The molecule has 5 rings (SSSR count). The van der Waals surface area contributed by atoms with Crippen molar-refractivity contribution >= 4 is 23.0 Å².